The number of aliphatic hydroxyl groups excluding tert-OH is 1. The Balaban J connectivity index is 3.17. The Bertz CT molecular complexity index is 574. The smallest absolute Gasteiger partial charge is 0.388 e. The van der Waals surface area contributed by atoms with E-state index in [4.69, 9.17) is 29.4 Å². The number of aliphatic hydroxyl groups is 2. The first-order chi connectivity index (χ1) is 10.5. The van der Waals surface area contributed by atoms with E-state index in [0.29, 0.717) is 0 Å². The molecule has 1 aliphatic rings. The third-order valence-corrected chi connectivity index (χ3v) is 4.06. The van der Waals surface area contributed by atoms with E-state index in [0.717, 1.165) is 0 Å². The summed E-state index contributed by atoms with van der Waals surface area (Å²) in [7, 11) is -16.0. The fraction of sp³-hybridized carbons (Fsp3) is 1.00. The van der Waals surface area contributed by atoms with Crippen LogP contribution in [0, 0.1) is 0 Å². The Hall–Kier alpha value is 0.210. The summed E-state index contributed by atoms with van der Waals surface area (Å²) in [5, 5.41) is 19.8. The molecule has 1 rings (SSSR count). The number of hydrogen-bond donors (Lipinski definition) is 8. The van der Waals surface area contributed by atoms with Crippen molar-refractivity contribution in [1.29, 1.82) is 0 Å². The molecule has 0 aromatic heterocycles. The van der Waals surface area contributed by atoms with Crippen molar-refractivity contribution in [2.45, 2.75) is 24.1 Å². The molecule has 1 fully saturated rings. The van der Waals surface area contributed by atoms with Crippen molar-refractivity contribution >= 4 is 23.5 Å². The highest BCUT2D eigenvalue weighted by molar-refractivity contribution is 7.46. The second-order valence-corrected chi connectivity index (χ2v) is 8.19. The van der Waals surface area contributed by atoms with Gasteiger partial charge in [0, 0.05) is 0 Å². The van der Waals surface area contributed by atoms with Gasteiger partial charge in [0.05, 0.1) is 6.61 Å². The maximum Gasteiger partial charge on any atom is 0.470 e. The SMILES string of the molecule is O=P(O)(O)OCC1(O)OC[C@@H](O)[C@@H](OP(=O)(O)O)[C@@H]1OP(=O)(O)O. The maximum atomic E-state index is 11.0. The molecule has 8 N–H and O–H groups in total. The van der Waals surface area contributed by atoms with Crippen LogP contribution >= 0.6 is 23.5 Å². The molecule has 15 nitrogen and oxygen atoms in total. The van der Waals surface area contributed by atoms with Crippen LogP contribution in [0.15, 0.2) is 0 Å². The van der Waals surface area contributed by atoms with Crippen molar-refractivity contribution < 1.29 is 71.6 Å². The van der Waals surface area contributed by atoms with Gasteiger partial charge < -0.3 is 44.3 Å². The average Bonchev–Trinajstić information content (AvgIpc) is 2.33. The molecule has 0 aliphatic carbocycles. The Labute approximate surface area is 133 Å². The van der Waals surface area contributed by atoms with Gasteiger partial charge in [0.15, 0.2) is 6.10 Å². The van der Waals surface area contributed by atoms with Crippen molar-refractivity contribution in [2.75, 3.05) is 13.2 Å². The topological polar surface area (TPSA) is 250 Å². The van der Waals surface area contributed by atoms with Gasteiger partial charge in [0.2, 0.25) is 5.79 Å². The van der Waals surface area contributed by atoms with Gasteiger partial charge in [-0.1, -0.05) is 0 Å². The predicted octanol–water partition coefficient (Wildman–Crippen LogP) is -2.87. The first kappa shape index (κ1) is 22.3. The number of phosphoric ester groups is 3. The number of phosphoric acid groups is 3. The molecule has 1 aliphatic heterocycles. The Morgan fingerprint density at radius 1 is 0.958 bits per heavy atom. The largest absolute Gasteiger partial charge is 0.470 e. The minimum Gasteiger partial charge on any atom is -0.388 e. The van der Waals surface area contributed by atoms with E-state index >= 15 is 0 Å². The van der Waals surface area contributed by atoms with Gasteiger partial charge in [-0.25, -0.2) is 13.7 Å². The molecule has 0 radical (unpaired) electrons. The highest BCUT2D eigenvalue weighted by Gasteiger charge is 2.56. The van der Waals surface area contributed by atoms with Gasteiger partial charge in [-0.2, -0.15) is 0 Å². The lowest BCUT2D eigenvalue weighted by Gasteiger charge is -2.44. The summed E-state index contributed by atoms with van der Waals surface area (Å²) in [6, 6.07) is 0. The average molecular weight is 420 g/mol. The molecule has 1 saturated heterocycles. The number of rotatable bonds is 7. The molecule has 18 heteroatoms. The quantitative estimate of drug-likeness (QED) is 0.193. The van der Waals surface area contributed by atoms with E-state index in [1.165, 1.54) is 0 Å². The van der Waals surface area contributed by atoms with Gasteiger partial charge in [0.25, 0.3) is 0 Å². The van der Waals surface area contributed by atoms with Gasteiger partial charge >= 0.3 is 23.5 Å². The normalized spacial score (nSPS) is 32.8. The lowest BCUT2D eigenvalue weighted by molar-refractivity contribution is -0.323. The van der Waals surface area contributed by atoms with Crippen LogP contribution in [0.4, 0.5) is 0 Å². The van der Waals surface area contributed by atoms with Crippen molar-refractivity contribution in [1.82, 2.24) is 0 Å². The highest BCUT2D eigenvalue weighted by atomic mass is 31.2. The van der Waals surface area contributed by atoms with Crippen LogP contribution in [0.1, 0.15) is 0 Å². The minimum absolute atomic E-state index is 0.896. The fourth-order valence-electron chi connectivity index (χ4n) is 1.74. The summed E-state index contributed by atoms with van der Waals surface area (Å²) in [6.45, 7) is -2.33. The van der Waals surface area contributed by atoms with E-state index in [-0.39, 0.29) is 0 Å². The molecule has 4 atom stereocenters. The van der Waals surface area contributed by atoms with Gasteiger partial charge in [0.1, 0.15) is 18.8 Å². The Kier molecular flexibility index (Phi) is 6.90. The highest BCUT2D eigenvalue weighted by Crippen LogP contribution is 2.48. The van der Waals surface area contributed by atoms with Gasteiger partial charge in [-0.15, -0.1) is 0 Å². The summed E-state index contributed by atoms with van der Waals surface area (Å²) in [5.74, 6) is -3.03. The van der Waals surface area contributed by atoms with Gasteiger partial charge in [-0.05, 0) is 0 Å². The molecule has 0 amide bonds. The van der Waals surface area contributed by atoms with Crippen LogP contribution in [0.25, 0.3) is 0 Å². The first-order valence-electron chi connectivity index (χ1n) is 5.75. The standard InChI is InChI=1S/C6H15O15P3/c7-3-1-18-6(8,2-19-22(9,10)11)5(21-24(15,16)17)4(3)20-23(12,13)14/h3-5,7-8H,1-2H2,(H2,9,10,11)(H2,12,13,14)(H2,15,16,17)/t3-,4-,5+,6?/m1/s1. The Morgan fingerprint density at radius 2 is 1.46 bits per heavy atom. The van der Waals surface area contributed by atoms with E-state index in [9.17, 15) is 23.9 Å². The molecule has 0 aromatic carbocycles. The van der Waals surface area contributed by atoms with Crippen molar-refractivity contribution in [3.8, 4) is 0 Å². The van der Waals surface area contributed by atoms with E-state index in [1.54, 1.807) is 0 Å². The van der Waals surface area contributed by atoms with Crippen LogP contribution < -0.4 is 0 Å². The lowest BCUT2D eigenvalue weighted by Crippen LogP contribution is -2.63. The van der Waals surface area contributed by atoms with Crippen LogP contribution in [0.3, 0.4) is 0 Å². The molecular weight excluding hydrogens is 405 g/mol. The molecule has 0 saturated carbocycles. The molecule has 1 heterocycles. The third-order valence-electron chi connectivity index (χ3n) is 2.58. The summed E-state index contributed by atoms with van der Waals surface area (Å²) >= 11 is 0. The van der Waals surface area contributed by atoms with E-state index < -0.39 is 60.8 Å². The molecule has 0 spiro atoms. The van der Waals surface area contributed by atoms with E-state index in [1.807, 2.05) is 0 Å². The second kappa shape index (κ2) is 7.45. The molecule has 1 unspecified atom stereocenters. The fourth-order valence-corrected chi connectivity index (χ4v) is 3.24. The molecular formula is C6H15O15P3. The second-order valence-electron chi connectivity index (χ2n) is 4.56. The molecule has 144 valence electrons. The zero-order chi connectivity index (χ0) is 19.0. The summed E-state index contributed by atoms with van der Waals surface area (Å²) < 4.78 is 49.4. The van der Waals surface area contributed by atoms with Crippen molar-refractivity contribution in [2.24, 2.45) is 0 Å². The zero-order valence-electron chi connectivity index (χ0n) is 11.4. The van der Waals surface area contributed by atoms with Crippen LogP contribution in [-0.2, 0) is 32.0 Å². The van der Waals surface area contributed by atoms with Crippen LogP contribution in [-0.4, -0.2) is 76.9 Å². The predicted molar refractivity (Wildman–Crippen MR) is 68.7 cm³/mol. The van der Waals surface area contributed by atoms with Crippen molar-refractivity contribution in [3.05, 3.63) is 0 Å². The molecule has 0 bridgehead atoms. The summed E-state index contributed by atoms with van der Waals surface area (Å²) in [4.78, 5) is 52.4. The first-order valence-corrected chi connectivity index (χ1v) is 10.3. The minimum atomic E-state index is -5.44. The Morgan fingerprint density at radius 3 is 1.88 bits per heavy atom. The zero-order valence-corrected chi connectivity index (χ0v) is 14.1. The summed E-state index contributed by atoms with van der Waals surface area (Å²) in [5.41, 5.74) is 0. The maximum absolute atomic E-state index is 11.0. The van der Waals surface area contributed by atoms with E-state index in [2.05, 4.69) is 18.3 Å². The number of hydrogen-bond acceptors (Lipinski definition) is 9. The number of ether oxygens (including phenoxy) is 1. The monoisotopic (exact) mass is 420 g/mol. The van der Waals surface area contributed by atoms with Crippen molar-refractivity contribution in [3.63, 3.8) is 0 Å². The third kappa shape index (κ3) is 7.22. The summed E-state index contributed by atoms with van der Waals surface area (Å²) in [6.07, 6.45) is -6.65. The van der Waals surface area contributed by atoms with Crippen LogP contribution in [0.5, 0.6) is 0 Å². The van der Waals surface area contributed by atoms with Gasteiger partial charge in [-0.3, -0.25) is 13.6 Å². The lowest BCUT2D eigenvalue weighted by atomic mass is 9.97. The molecule has 24 heavy (non-hydrogen) atoms. The molecule has 0 aromatic rings. The van der Waals surface area contributed by atoms with Crippen LogP contribution in [0.2, 0.25) is 0 Å².